The van der Waals surface area contributed by atoms with Crippen molar-refractivity contribution in [2.75, 3.05) is 27.4 Å². The van der Waals surface area contributed by atoms with Crippen molar-refractivity contribution in [1.82, 2.24) is 0 Å². The van der Waals surface area contributed by atoms with Gasteiger partial charge in [-0.05, 0) is 37.6 Å². The molecule has 1 aromatic carbocycles. The fourth-order valence-corrected chi connectivity index (χ4v) is 3.25. The minimum absolute atomic E-state index is 0.0524. The van der Waals surface area contributed by atoms with Crippen LogP contribution in [0.5, 0.6) is 11.5 Å². The second-order valence-corrected chi connectivity index (χ2v) is 6.08. The van der Waals surface area contributed by atoms with E-state index < -0.39 is 7.60 Å². The maximum absolute atomic E-state index is 12.6. The summed E-state index contributed by atoms with van der Waals surface area (Å²) >= 11 is 0. The van der Waals surface area contributed by atoms with Crippen molar-refractivity contribution in [2.45, 2.75) is 13.8 Å². The molecular formula is C15H20NO5P. The van der Waals surface area contributed by atoms with Gasteiger partial charge in [0.1, 0.15) is 11.4 Å². The summed E-state index contributed by atoms with van der Waals surface area (Å²) in [6.07, 6.45) is 1.47. The van der Waals surface area contributed by atoms with E-state index in [9.17, 15) is 9.83 Å². The quantitative estimate of drug-likeness (QED) is 0.534. The van der Waals surface area contributed by atoms with Gasteiger partial charge in [0.05, 0.1) is 27.4 Å². The molecule has 0 heterocycles. The maximum Gasteiger partial charge on any atom is 0.371 e. The lowest BCUT2D eigenvalue weighted by Gasteiger charge is -2.16. The zero-order valence-corrected chi connectivity index (χ0v) is 14.1. The average molecular weight is 325 g/mol. The molecule has 0 amide bonds. The molecule has 0 unspecified atom stereocenters. The van der Waals surface area contributed by atoms with Gasteiger partial charge in [0.15, 0.2) is 11.5 Å². The molecule has 0 atom stereocenters. The van der Waals surface area contributed by atoms with Crippen LogP contribution in [0.15, 0.2) is 23.5 Å². The minimum atomic E-state index is -3.61. The Morgan fingerprint density at radius 3 is 2.23 bits per heavy atom. The van der Waals surface area contributed by atoms with Gasteiger partial charge in [-0.2, -0.15) is 5.26 Å². The molecule has 0 aromatic heterocycles. The third kappa shape index (κ3) is 4.35. The topological polar surface area (TPSA) is 77.8 Å². The number of hydrogen-bond acceptors (Lipinski definition) is 6. The molecule has 0 N–H and O–H groups in total. The SMILES string of the molecule is CCOP(=O)(OCC)C(C#N)=Cc1ccc(OC)c(OC)c1. The van der Waals surface area contributed by atoms with Crippen LogP contribution in [0.2, 0.25) is 0 Å². The number of hydrogen-bond donors (Lipinski definition) is 0. The number of nitriles is 1. The van der Waals surface area contributed by atoms with E-state index in [0.717, 1.165) is 0 Å². The van der Waals surface area contributed by atoms with Gasteiger partial charge >= 0.3 is 7.60 Å². The second-order valence-electron chi connectivity index (χ2n) is 4.09. The molecular weight excluding hydrogens is 305 g/mol. The zero-order valence-electron chi connectivity index (χ0n) is 13.2. The molecule has 0 fully saturated rings. The van der Waals surface area contributed by atoms with Crippen LogP contribution in [0.25, 0.3) is 6.08 Å². The van der Waals surface area contributed by atoms with Gasteiger partial charge in [-0.1, -0.05) is 6.07 Å². The van der Waals surface area contributed by atoms with Crippen LogP contribution in [0.1, 0.15) is 19.4 Å². The molecule has 22 heavy (non-hydrogen) atoms. The molecule has 0 aliphatic carbocycles. The molecule has 0 bridgehead atoms. The Labute approximate surface area is 130 Å². The Morgan fingerprint density at radius 1 is 1.18 bits per heavy atom. The smallest absolute Gasteiger partial charge is 0.371 e. The standard InChI is InChI=1S/C15H20NO5P/c1-5-20-22(17,21-6-2)13(11-16)9-12-7-8-14(18-3)15(10-12)19-4/h7-10H,5-6H2,1-4H3. The predicted molar refractivity (Wildman–Crippen MR) is 84.0 cm³/mol. The van der Waals surface area contributed by atoms with Crippen molar-refractivity contribution in [3.63, 3.8) is 0 Å². The van der Waals surface area contributed by atoms with E-state index in [2.05, 4.69) is 0 Å². The Balaban J connectivity index is 3.27. The lowest BCUT2D eigenvalue weighted by molar-refractivity contribution is 0.227. The fourth-order valence-electron chi connectivity index (χ4n) is 1.79. The Kier molecular flexibility index (Phi) is 7.13. The predicted octanol–water partition coefficient (Wildman–Crippen LogP) is 3.83. The van der Waals surface area contributed by atoms with Gasteiger partial charge in [0, 0.05) is 0 Å². The summed E-state index contributed by atoms with van der Waals surface area (Å²) < 4.78 is 33.4. The number of rotatable bonds is 8. The molecule has 120 valence electrons. The summed E-state index contributed by atoms with van der Waals surface area (Å²) in [4.78, 5) is 0. The number of benzene rings is 1. The van der Waals surface area contributed by atoms with Crippen molar-refractivity contribution in [3.8, 4) is 17.6 Å². The monoisotopic (exact) mass is 325 g/mol. The Hall–Kier alpha value is -1.80. The first-order valence-corrected chi connectivity index (χ1v) is 8.32. The summed E-state index contributed by atoms with van der Waals surface area (Å²) in [5, 5.41) is 9.24. The van der Waals surface area contributed by atoms with Gasteiger partial charge in [-0.15, -0.1) is 0 Å². The van der Waals surface area contributed by atoms with E-state index in [4.69, 9.17) is 18.5 Å². The third-order valence-electron chi connectivity index (χ3n) is 2.72. The van der Waals surface area contributed by atoms with Crippen LogP contribution in [0.4, 0.5) is 0 Å². The van der Waals surface area contributed by atoms with Gasteiger partial charge in [0.2, 0.25) is 0 Å². The summed E-state index contributed by atoms with van der Waals surface area (Å²) in [6.45, 7) is 3.75. The molecule has 0 saturated carbocycles. The van der Waals surface area contributed by atoms with Crippen molar-refractivity contribution in [3.05, 3.63) is 29.1 Å². The maximum atomic E-state index is 12.6. The van der Waals surface area contributed by atoms with Crippen LogP contribution in [-0.2, 0) is 13.6 Å². The zero-order chi connectivity index (χ0) is 16.6. The van der Waals surface area contributed by atoms with E-state index in [1.807, 2.05) is 6.07 Å². The first kappa shape index (κ1) is 18.2. The van der Waals surface area contributed by atoms with E-state index in [0.29, 0.717) is 17.1 Å². The molecule has 0 spiro atoms. The molecule has 1 aromatic rings. The van der Waals surface area contributed by atoms with E-state index in [-0.39, 0.29) is 18.5 Å². The van der Waals surface area contributed by atoms with Crippen LogP contribution in [0, 0.1) is 11.3 Å². The number of ether oxygens (including phenoxy) is 2. The normalized spacial score (nSPS) is 11.9. The highest BCUT2D eigenvalue weighted by atomic mass is 31.2. The molecule has 6 nitrogen and oxygen atoms in total. The van der Waals surface area contributed by atoms with Gasteiger partial charge in [-0.25, -0.2) is 0 Å². The van der Waals surface area contributed by atoms with Crippen molar-refractivity contribution < 1.29 is 23.1 Å². The summed E-state index contributed by atoms with van der Waals surface area (Å²) in [7, 11) is -0.559. The van der Waals surface area contributed by atoms with Crippen molar-refractivity contribution >= 4 is 13.7 Å². The van der Waals surface area contributed by atoms with E-state index in [1.54, 1.807) is 32.0 Å². The molecule has 0 radical (unpaired) electrons. The van der Waals surface area contributed by atoms with Crippen LogP contribution >= 0.6 is 7.60 Å². The first-order valence-electron chi connectivity index (χ1n) is 6.78. The molecule has 0 aliphatic rings. The highest BCUT2D eigenvalue weighted by Gasteiger charge is 2.29. The van der Waals surface area contributed by atoms with Gasteiger partial charge < -0.3 is 18.5 Å². The van der Waals surface area contributed by atoms with Crippen molar-refractivity contribution in [2.24, 2.45) is 0 Å². The molecule has 1 rings (SSSR count). The highest BCUT2D eigenvalue weighted by Crippen LogP contribution is 2.56. The molecule has 0 saturated heterocycles. The second kappa shape index (κ2) is 8.60. The Bertz CT molecular complexity index is 611. The highest BCUT2D eigenvalue weighted by molar-refractivity contribution is 7.59. The van der Waals surface area contributed by atoms with Crippen molar-refractivity contribution in [1.29, 1.82) is 5.26 Å². The number of nitrogens with zero attached hydrogens (tertiary/aromatic N) is 1. The molecule has 0 aliphatic heterocycles. The lowest BCUT2D eigenvalue weighted by Crippen LogP contribution is -1.98. The lowest BCUT2D eigenvalue weighted by atomic mass is 10.2. The van der Waals surface area contributed by atoms with Crippen LogP contribution < -0.4 is 9.47 Å². The molecule has 7 heteroatoms. The first-order chi connectivity index (χ1) is 10.5. The van der Waals surface area contributed by atoms with Crippen LogP contribution in [0.3, 0.4) is 0 Å². The van der Waals surface area contributed by atoms with E-state index in [1.165, 1.54) is 20.3 Å². The minimum Gasteiger partial charge on any atom is -0.493 e. The van der Waals surface area contributed by atoms with Crippen LogP contribution in [-0.4, -0.2) is 27.4 Å². The van der Waals surface area contributed by atoms with E-state index >= 15 is 0 Å². The van der Waals surface area contributed by atoms with Gasteiger partial charge in [-0.3, -0.25) is 4.57 Å². The summed E-state index contributed by atoms with van der Waals surface area (Å²) in [5.74, 6) is 1.08. The number of methoxy groups -OCH3 is 2. The average Bonchev–Trinajstić information content (AvgIpc) is 2.52. The summed E-state index contributed by atoms with van der Waals surface area (Å²) in [6, 6.07) is 7.01. The largest absolute Gasteiger partial charge is 0.493 e. The number of allylic oxidation sites excluding steroid dienone is 1. The summed E-state index contributed by atoms with van der Waals surface area (Å²) in [5.41, 5.74) is 0.633. The fraction of sp³-hybridized carbons (Fsp3) is 0.400. The Morgan fingerprint density at radius 2 is 1.77 bits per heavy atom. The van der Waals surface area contributed by atoms with Gasteiger partial charge in [0.25, 0.3) is 0 Å². The third-order valence-corrected chi connectivity index (χ3v) is 4.73.